The molecule has 0 aliphatic heterocycles. The second kappa shape index (κ2) is 7.44. The molecule has 0 aliphatic rings. The van der Waals surface area contributed by atoms with Crippen molar-refractivity contribution in [1.29, 1.82) is 0 Å². The molecule has 0 atom stereocenters. The predicted molar refractivity (Wildman–Crippen MR) is 100 cm³/mol. The molecule has 25 heavy (non-hydrogen) atoms. The van der Waals surface area contributed by atoms with Crippen molar-refractivity contribution in [2.75, 3.05) is 29.6 Å². The second-order valence-electron chi connectivity index (χ2n) is 5.65. The average Bonchev–Trinajstić information content (AvgIpc) is 2.63. The zero-order valence-corrected chi connectivity index (χ0v) is 14.1. The third-order valence-electron chi connectivity index (χ3n) is 3.56. The quantitative estimate of drug-likeness (QED) is 0.747. The van der Waals surface area contributed by atoms with Crippen molar-refractivity contribution < 1.29 is 4.79 Å². The van der Waals surface area contributed by atoms with Gasteiger partial charge in [-0.15, -0.1) is 0 Å². The van der Waals surface area contributed by atoms with Crippen LogP contribution in [-0.2, 0) is 0 Å². The van der Waals surface area contributed by atoms with Crippen LogP contribution in [0.15, 0.2) is 66.9 Å². The Hall–Kier alpha value is -3.41. The molecule has 0 saturated heterocycles. The zero-order chi connectivity index (χ0) is 17.6. The Kier molecular flexibility index (Phi) is 4.89. The SMILES string of the molecule is CN(C)c1ccc(Nc2nccc(C(=O)Nc3ccccc3)n2)cc1. The Balaban J connectivity index is 1.71. The first-order chi connectivity index (χ1) is 12.1. The summed E-state index contributed by atoms with van der Waals surface area (Å²) in [4.78, 5) is 22.8. The fraction of sp³-hybridized carbons (Fsp3) is 0.105. The van der Waals surface area contributed by atoms with Crippen molar-refractivity contribution in [1.82, 2.24) is 9.97 Å². The lowest BCUT2D eigenvalue weighted by atomic mass is 10.2. The zero-order valence-electron chi connectivity index (χ0n) is 14.1. The van der Waals surface area contributed by atoms with Gasteiger partial charge in [0.2, 0.25) is 5.95 Å². The Morgan fingerprint density at radius 2 is 1.64 bits per heavy atom. The van der Waals surface area contributed by atoms with E-state index in [1.165, 1.54) is 0 Å². The van der Waals surface area contributed by atoms with Gasteiger partial charge in [0.25, 0.3) is 5.91 Å². The summed E-state index contributed by atoms with van der Waals surface area (Å²) in [5.41, 5.74) is 2.97. The Bertz CT molecular complexity index is 847. The highest BCUT2D eigenvalue weighted by Crippen LogP contribution is 2.18. The van der Waals surface area contributed by atoms with Gasteiger partial charge in [0.05, 0.1) is 0 Å². The first kappa shape index (κ1) is 16.4. The summed E-state index contributed by atoms with van der Waals surface area (Å²) in [5, 5.41) is 5.92. The van der Waals surface area contributed by atoms with Gasteiger partial charge in [-0.05, 0) is 42.5 Å². The minimum absolute atomic E-state index is 0.278. The number of hydrogen-bond acceptors (Lipinski definition) is 5. The smallest absolute Gasteiger partial charge is 0.274 e. The van der Waals surface area contributed by atoms with Crippen LogP contribution < -0.4 is 15.5 Å². The Morgan fingerprint density at radius 3 is 2.32 bits per heavy atom. The highest BCUT2D eigenvalue weighted by atomic mass is 16.1. The summed E-state index contributed by atoms with van der Waals surface area (Å²) < 4.78 is 0. The number of aromatic nitrogens is 2. The van der Waals surface area contributed by atoms with Crippen molar-refractivity contribution in [2.45, 2.75) is 0 Å². The van der Waals surface area contributed by atoms with Crippen molar-refractivity contribution >= 4 is 28.9 Å². The lowest BCUT2D eigenvalue weighted by molar-refractivity contribution is 0.102. The second-order valence-corrected chi connectivity index (χ2v) is 5.65. The third-order valence-corrected chi connectivity index (χ3v) is 3.56. The van der Waals surface area contributed by atoms with E-state index in [-0.39, 0.29) is 5.91 Å². The van der Waals surface area contributed by atoms with Crippen molar-refractivity contribution in [3.8, 4) is 0 Å². The van der Waals surface area contributed by atoms with E-state index in [9.17, 15) is 4.79 Å². The first-order valence-corrected chi connectivity index (χ1v) is 7.86. The Labute approximate surface area is 146 Å². The molecular formula is C19H19N5O. The van der Waals surface area contributed by atoms with Gasteiger partial charge in [-0.3, -0.25) is 4.79 Å². The predicted octanol–water partition coefficient (Wildman–Crippen LogP) is 3.54. The van der Waals surface area contributed by atoms with Gasteiger partial charge in [0.15, 0.2) is 0 Å². The van der Waals surface area contributed by atoms with E-state index in [1.807, 2.05) is 73.6 Å². The molecule has 1 aromatic heterocycles. The van der Waals surface area contributed by atoms with E-state index in [4.69, 9.17) is 0 Å². The fourth-order valence-corrected chi connectivity index (χ4v) is 2.23. The number of rotatable bonds is 5. The molecule has 0 spiro atoms. The monoisotopic (exact) mass is 333 g/mol. The van der Waals surface area contributed by atoms with Crippen molar-refractivity contribution in [2.24, 2.45) is 0 Å². The summed E-state index contributed by atoms with van der Waals surface area (Å²) in [7, 11) is 3.97. The minimum Gasteiger partial charge on any atom is -0.378 e. The molecule has 0 bridgehead atoms. The number of benzene rings is 2. The van der Waals surface area contributed by atoms with Crippen LogP contribution in [0.3, 0.4) is 0 Å². The molecule has 2 N–H and O–H groups in total. The number of para-hydroxylation sites is 1. The average molecular weight is 333 g/mol. The molecule has 0 radical (unpaired) electrons. The van der Waals surface area contributed by atoms with Crippen LogP contribution in [0.2, 0.25) is 0 Å². The van der Waals surface area contributed by atoms with Gasteiger partial charge in [0, 0.05) is 37.4 Å². The normalized spacial score (nSPS) is 10.2. The number of anilines is 4. The maximum Gasteiger partial charge on any atom is 0.274 e. The minimum atomic E-state index is -0.278. The van der Waals surface area contributed by atoms with Crippen LogP contribution in [0, 0.1) is 0 Å². The largest absolute Gasteiger partial charge is 0.378 e. The van der Waals surface area contributed by atoms with Gasteiger partial charge < -0.3 is 15.5 Å². The molecule has 2 aromatic carbocycles. The topological polar surface area (TPSA) is 70.2 Å². The van der Waals surface area contributed by atoms with Crippen LogP contribution in [0.5, 0.6) is 0 Å². The van der Waals surface area contributed by atoms with E-state index in [0.717, 1.165) is 17.1 Å². The number of nitrogens with one attached hydrogen (secondary N) is 2. The van der Waals surface area contributed by atoms with E-state index in [0.29, 0.717) is 11.6 Å². The lowest BCUT2D eigenvalue weighted by Gasteiger charge is -2.13. The molecule has 6 nitrogen and oxygen atoms in total. The number of nitrogens with zero attached hydrogens (tertiary/aromatic N) is 3. The molecule has 126 valence electrons. The molecule has 0 aliphatic carbocycles. The maximum atomic E-state index is 12.3. The van der Waals surface area contributed by atoms with Crippen LogP contribution >= 0.6 is 0 Å². The van der Waals surface area contributed by atoms with Crippen molar-refractivity contribution in [3.05, 3.63) is 72.6 Å². The van der Waals surface area contributed by atoms with E-state index < -0.39 is 0 Å². The molecule has 0 unspecified atom stereocenters. The molecule has 0 saturated carbocycles. The maximum absolute atomic E-state index is 12.3. The van der Waals surface area contributed by atoms with E-state index >= 15 is 0 Å². The Morgan fingerprint density at radius 1 is 0.920 bits per heavy atom. The van der Waals surface area contributed by atoms with Crippen LogP contribution in [0.1, 0.15) is 10.5 Å². The summed E-state index contributed by atoms with van der Waals surface area (Å²) >= 11 is 0. The van der Waals surface area contributed by atoms with Gasteiger partial charge in [-0.2, -0.15) is 0 Å². The summed E-state index contributed by atoms with van der Waals surface area (Å²) in [6, 6.07) is 18.7. The molecule has 1 heterocycles. The third kappa shape index (κ3) is 4.32. The standard InChI is InChI=1S/C19H19N5O/c1-24(2)16-10-8-15(9-11-16)22-19-20-13-12-17(23-19)18(25)21-14-6-4-3-5-7-14/h3-13H,1-2H3,(H,21,25)(H,20,22,23). The van der Waals surface area contributed by atoms with E-state index in [2.05, 4.69) is 20.6 Å². The van der Waals surface area contributed by atoms with Crippen LogP contribution in [-0.4, -0.2) is 30.0 Å². The number of amides is 1. The highest BCUT2D eigenvalue weighted by molar-refractivity contribution is 6.02. The number of carbonyl (C=O) groups excluding carboxylic acids is 1. The number of carbonyl (C=O) groups is 1. The van der Waals surface area contributed by atoms with Gasteiger partial charge in [-0.25, -0.2) is 9.97 Å². The van der Waals surface area contributed by atoms with Crippen LogP contribution in [0.25, 0.3) is 0 Å². The lowest BCUT2D eigenvalue weighted by Crippen LogP contribution is -2.14. The molecule has 3 rings (SSSR count). The van der Waals surface area contributed by atoms with Gasteiger partial charge in [0.1, 0.15) is 5.69 Å². The van der Waals surface area contributed by atoms with Gasteiger partial charge in [-0.1, -0.05) is 18.2 Å². The fourth-order valence-electron chi connectivity index (χ4n) is 2.23. The summed E-state index contributed by atoms with van der Waals surface area (Å²) in [5.74, 6) is 0.0953. The van der Waals surface area contributed by atoms with Crippen LogP contribution in [0.4, 0.5) is 23.0 Å². The molecule has 0 fully saturated rings. The van der Waals surface area contributed by atoms with Crippen molar-refractivity contribution in [3.63, 3.8) is 0 Å². The summed E-state index contributed by atoms with van der Waals surface area (Å²) in [6.45, 7) is 0. The first-order valence-electron chi connectivity index (χ1n) is 7.86. The van der Waals surface area contributed by atoms with Gasteiger partial charge >= 0.3 is 0 Å². The highest BCUT2D eigenvalue weighted by Gasteiger charge is 2.09. The summed E-state index contributed by atoms with van der Waals surface area (Å²) in [6.07, 6.45) is 1.56. The number of hydrogen-bond donors (Lipinski definition) is 2. The molecule has 1 amide bonds. The van der Waals surface area contributed by atoms with E-state index in [1.54, 1.807) is 12.3 Å². The molecule has 6 heteroatoms. The molecule has 3 aromatic rings. The molecular weight excluding hydrogens is 314 g/mol.